The molecule has 3 N–H and O–H groups in total. The minimum Gasteiger partial charge on any atom is -0.310 e. The first kappa shape index (κ1) is 17.9. The van der Waals surface area contributed by atoms with E-state index < -0.39 is 25.1 Å². The van der Waals surface area contributed by atoms with E-state index in [9.17, 15) is 16.8 Å². The van der Waals surface area contributed by atoms with Crippen LogP contribution < -0.4 is 10.5 Å². The van der Waals surface area contributed by atoms with E-state index in [-0.39, 0.29) is 26.9 Å². The van der Waals surface area contributed by atoms with Crippen molar-refractivity contribution in [2.75, 3.05) is 6.54 Å². The largest absolute Gasteiger partial charge is 0.310 e. The molecule has 6 nitrogen and oxygen atoms in total. The molecule has 1 aromatic heterocycles. The molecule has 0 spiro atoms. The summed E-state index contributed by atoms with van der Waals surface area (Å²) in [6.45, 7) is 4.23. The molecular weight excluding hydrogens is 344 g/mol. The second-order valence-electron chi connectivity index (χ2n) is 4.55. The molecule has 1 aromatic rings. The van der Waals surface area contributed by atoms with E-state index in [2.05, 4.69) is 5.32 Å². The molecule has 2 heterocycles. The third-order valence-corrected chi connectivity index (χ3v) is 8.48. The van der Waals surface area contributed by atoms with Crippen LogP contribution in [0.2, 0.25) is 0 Å². The maximum absolute atomic E-state index is 12.2. The number of primary sulfonamides is 1. The highest BCUT2D eigenvalue weighted by atomic mass is 35.5. The van der Waals surface area contributed by atoms with Gasteiger partial charge in [-0.15, -0.1) is 23.7 Å². The zero-order chi connectivity index (χ0) is 14.4. The molecule has 0 aliphatic carbocycles. The first-order valence-electron chi connectivity index (χ1n) is 5.81. The normalized spacial score (nSPS) is 24.8. The van der Waals surface area contributed by atoms with Crippen LogP contribution in [0.25, 0.3) is 0 Å². The first-order valence-corrected chi connectivity index (χ1v) is 9.72. The SMILES string of the molecule is CCN[C@@H]1C[C@H](C)S(=O)(=O)c2sc(S(N)(=O)=O)cc21.Cl. The van der Waals surface area contributed by atoms with Crippen molar-refractivity contribution in [3.8, 4) is 0 Å². The van der Waals surface area contributed by atoms with Crippen molar-refractivity contribution in [2.45, 2.75) is 40.0 Å². The van der Waals surface area contributed by atoms with E-state index in [1.807, 2.05) is 6.92 Å². The van der Waals surface area contributed by atoms with Crippen molar-refractivity contribution < 1.29 is 16.8 Å². The highest BCUT2D eigenvalue weighted by molar-refractivity contribution is 7.95. The zero-order valence-electron chi connectivity index (χ0n) is 11.0. The van der Waals surface area contributed by atoms with Crippen molar-refractivity contribution in [2.24, 2.45) is 5.14 Å². The second kappa shape index (κ2) is 5.90. The van der Waals surface area contributed by atoms with Crippen LogP contribution in [-0.4, -0.2) is 28.6 Å². The van der Waals surface area contributed by atoms with Gasteiger partial charge >= 0.3 is 0 Å². The number of nitrogens with one attached hydrogen (secondary N) is 1. The van der Waals surface area contributed by atoms with Gasteiger partial charge in [0.2, 0.25) is 10.0 Å². The highest BCUT2D eigenvalue weighted by Crippen LogP contribution is 2.42. The summed E-state index contributed by atoms with van der Waals surface area (Å²) >= 11 is 0.742. The number of rotatable bonds is 3. The molecule has 0 unspecified atom stereocenters. The molecule has 10 heteroatoms. The van der Waals surface area contributed by atoms with Gasteiger partial charge in [-0.05, 0) is 26.0 Å². The van der Waals surface area contributed by atoms with Crippen molar-refractivity contribution in [3.63, 3.8) is 0 Å². The van der Waals surface area contributed by atoms with Crippen LogP contribution in [0.3, 0.4) is 0 Å². The van der Waals surface area contributed by atoms with Gasteiger partial charge in [0, 0.05) is 11.6 Å². The maximum atomic E-state index is 12.2. The Morgan fingerprint density at radius 1 is 1.50 bits per heavy atom. The van der Waals surface area contributed by atoms with Gasteiger partial charge in [0.15, 0.2) is 9.84 Å². The summed E-state index contributed by atoms with van der Waals surface area (Å²) in [7, 11) is -7.33. The molecule has 0 saturated heterocycles. The maximum Gasteiger partial charge on any atom is 0.247 e. The van der Waals surface area contributed by atoms with Crippen LogP contribution in [0.5, 0.6) is 0 Å². The molecule has 1 aliphatic heterocycles. The monoisotopic (exact) mass is 360 g/mol. The summed E-state index contributed by atoms with van der Waals surface area (Å²) in [4.78, 5) is 0. The minimum absolute atomic E-state index is 0. The smallest absolute Gasteiger partial charge is 0.247 e. The predicted octanol–water partition coefficient (Wildman–Crippen LogP) is 1.03. The van der Waals surface area contributed by atoms with Gasteiger partial charge in [0.25, 0.3) is 0 Å². The summed E-state index contributed by atoms with van der Waals surface area (Å²) in [5.74, 6) is 0. The van der Waals surface area contributed by atoms with Gasteiger partial charge in [0.1, 0.15) is 8.42 Å². The fourth-order valence-electron chi connectivity index (χ4n) is 2.18. The van der Waals surface area contributed by atoms with E-state index in [0.717, 1.165) is 11.3 Å². The summed E-state index contributed by atoms with van der Waals surface area (Å²) in [5.41, 5.74) is 0.522. The average molecular weight is 361 g/mol. The molecule has 2 rings (SSSR count). The fourth-order valence-corrected chi connectivity index (χ4v) is 6.60. The van der Waals surface area contributed by atoms with E-state index in [4.69, 9.17) is 5.14 Å². The van der Waals surface area contributed by atoms with Crippen molar-refractivity contribution >= 4 is 43.6 Å². The van der Waals surface area contributed by atoms with Crippen LogP contribution in [0.15, 0.2) is 14.5 Å². The lowest BCUT2D eigenvalue weighted by atomic mass is 10.1. The Balaban J connectivity index is 0.00000200. The number of hydrogen-bond donors (Lipinski definition) is 2. The summed E-state index contributed by atoms with van der Waals surface area (Å²) < 4.78 is 47.3. The van der Waals surface area contributed by atoms with E-state index in [0.29, 0.717) is 18.5 Å². The molecule has 1 aliphatic rings. The minimum atomic E-state index is -3.88. The number of sulfonamides is 1. The third-order valence-electron chi connectivity index (χ3n) is 3.16. The van der Waals surface area contributed by atoms with Crippen LogP contribution in [0.1, 0.15) is 31.9 Å². The van der Waals surface area contributed by atoms with Crippen LogP contribution in [0, 0.1) is 0 Å². The van der Waals surface area contributed by atoms with Gasteiger partial charge in [0.05, 0.1) is 5.25 Å². The van der Waals surface area contributed by atoms with Crippen LogP contribution in [0.4, 0.5) is 0 Å². The lowest BCUT2D eigenvalue weighted by molar-refractivity contribution is 0.477. The second-order valence-corrected chi connectivity index (χ2v) is 9.96. The molecule has 0 bridgehead atoms. The molecule has 0 radical (unpaired) electrons. The van der Waals surface area contributed by atoms with E-state index in [1.54, 1.807) is 6.92 Å². The molecule has 0 aromatic carbocycles. The van der Waals surface area contributed by atoms with E-state index >= 15 is 0 Å². The molecule has 0 amide bonds. The Kier molecular flexibility index (Phi) is 5.27. The third kappa shape index (κ3) is 3.02. The number of thiophene rings is 1. The number of fused-ring (bicyclic) bond motifs is 1. The Morgan fingerprint density at radius 3 is 2.60 bits per heavy atom. The average Bonchev–Trinajstić information content (AvgIpc) is 2.72. The number of nitrogens with two attached hydrogens (primary N) is 1. The van der Waals surface area contributed by atoms with Gasteiger partial charge in [-0.1, -0.05) is 6.92 Å². The van der Waals surface area contributed by atoms with Gasteiger partial charge in [-0.3, -0.25) is 0 Å². The molecule has 20 heavy (non-hydrogen) atoms. The lowest BCUT2D eigenvalue weighted by Gasteiger charge is -2.27. The molecule has 2 atom stereocenters. The standard InChI is InChI=1S/C10H16N2O4S3.ClH/c1-3-12-8-4-6(2)18(13,14)10-7(8)5-9(17-10)19(11,15)16;/h5-6,8,12H,3-4H2,1-2H3,(H2,11,15,16);1H/t6-,8+;/m0./s1. The molecule has 116 valence electrons. The summed E-state index contributed by atoms with van der Waals surface area (Å²) in [6, 6.07) is 1.23. The quantitative estimate of drug-likeness (QED) is 0.837. The Labute approximate surface area is 129 Å². The van der Waals surface area contributed by atoms with Crippen molar-refractivity contribution in [1.82, 2.24) is 5.32 Å². The van der Waals surface area contributed by atoms with Crippen LogP contribution >= 0.6 is 23.7 Å². The van der Waals surface area contributed by atoms with E-state index in [1.165, 1.54) is 6.07 Å². The summed E-state index contributed by atoms with van der Waals surface area (Å²) in [6.07, 6.45) is 0.434. The molecule has 0 saturated carbocycles. The Bertz CT molecular complexity index is 696. The predicted molar refractivity (Wildman–Crippen MR) is 80.6 cm³/mol. The first-order chi connectivity index (χ1) is 8.67. The van der Waals surface area contributed by atoms with Gasteiger partial charge in [-0.25, -0.2) is 22.0 Å². The van der Waals surface area contributed by atoms with Crippen LogP contribution in [-0.2, 0) is 19.9 Å². The fraction of sp³-hybridized carbons (Fsp3) is 0.600. The summed E-state index contributed by atoms with van der Waals surface area (Å²) in [5, 5.41) is 7.73. The number of hydrogen-bond acceptors (Lipinski definition) is 6. The lowest BCUT2D eigenvalue weighted by Crippen LogP contribution is -2.33. The highest BCUT2D eigenvalue weighted by Gasteiger charge is 2.39. The number of sulfone groups is 1. The van der Waals surface area contributed by atoms with Crippen molar-refractivity contribution in [3.05, 3.63) is 11.6 Å². The molecular formula is C10H17ClN2O4S3. The zero-order valence-corrected chi connectivity index (χ0v) is 14.3. The topological polar surface area (TPSA) is 106 Å². The van der Waals surface area contributed by atoms with Gasteiger partial charge in [-0.2, -0.15) is 0 Å². The Morgan fingerprint density at radius 2 is 2.10 bits per heavy atom. The Hall–Kier alpha value is -0.190. The molecule has 0 fully saturated rings. The van der Waals surface area contributed by atoms with Gasteiger partial charge < -0.3 is 5.32 Å². The number of halogens is 1. The van der Waals surface area contributed by atoms with Crippen molar-refractivity contribution in [1.29, 1.82) is 0 Å².